The molecule has 1 fully saturated rings. The first-order valence-corrected chi connectivity index (χ1v) is 6.89. The van der Waals surface area contributed by atoms with E-state index in [0.717, 1.165) is 30.7 Å². The fourth-order valence-electron chi connectivity index (χ4n) is 2.16. The predicted octanol–water partition coefficient (Wildman–Crippen LogP) is 2.89. The Bertz CT molecular complexity index is 427. The second kappa shape index (κ2) is 9.45. The lowest BCUT2D eigenvalue weighted by atomic mass is 10.2. The van der Waals surface area contributed by atoms with Crippen molar-refractivity contribution in [2.24, 2.45) is 0 Å². The normalized spacial score (nSPS) is 15.2. The number of aliphatic carboxylic acids is 1. The van der Waals surface area contributed by atoms with Gasteiger partial charge in [-0.05, 0) is 18.2 Å². The van der Waals surface area contributed by atoms with Crippen molar-refractivity contribution in [3.8, 4) is 0 Å². The molecule has 0 saturated carbocycles. The summed E-state index contributed by atoms with van der Waals surface area (Å²) in [6.07, 6.45) is 0.233. The van der Waals surface area contributed by atoms with Crippen LogP contribution in [0.15, 0.2) is 28.7 Å². The van der Waals surface area contributed by atoms with Gasteiger partial charge in [0.1, 0.15) is 0 Å². The van der Waals surface area contributed by atoms with Crippen LogP contribution in [0, 0.1) is 0 Å². The molecule has 114 valence electrons. The maximum Gasteiger partial charge on any atom is 0.304 e. The third-order valence-electron chi connectivity index (χ3n) is 3.19. The second-order valence-electron chi connectivity index (χ2n) is 4.45. The average Bonchev–Trinajstić information content (AvgIpc) is 2.37. The Hall–Kier alpha value is -0.490. The van der Waals surface area contributed by atoms with Crippen molar-refractivity contribution < 1.29 is 9.90 Å². The Morgan fingerprint density at radius 2 is 1.85 bits per heavy atom. The van der Waals surface area contributed by atoms with Crippen LogP contribution in [-0.4, -0.2) is 48.7 Å². The van der Waals surface area contributed by atoms with Gasteiger partial charge in [0.15, 0.2) is 0 Å². The topological polar surface area (TPSA) is 43.8 Å². The van der Waals surface area contributed by atoms with E-state index in [1.165, 1.54) is 5.69 Å². The number of carboxylic acid groups (broad SMARTS) is 1. The molecule has 1 N–H and O–H groups in total. The predicted molar refractivity (Wildman–Crippen MR) is 89.5 cm³/mol. The lowest BCUT2D eigenvalue weighted by Gasteiger charge is -2.35. The smallest absolute Gasteiger partial charge is 0.304 e. The van der Waals surface area contributed by atoms with Crippen molar-refractivity contribution in [1.82, 2.24) is 4.90 Å². The number of carbonyl (C=O) groups is 1. The van der Waals surface area contributed by atoms with Crippen LogP contribution in [0.25, 0.3) is 0 Å². The Labute approximate surface area is 140 Å². The van der Waals surface area contributed by atoms with Gasteiger partial charge in [-0.1, -0.05) is 22.0 Å². The van der Waals surface area contributed by atoms with Gasteiger partial charge in [-0.15, -0.1) is 24.8 Å². The first kappa shape index (κ1) is 19.5. The van der Waals surface area contributed by atoms with Crippen molar-refractivity contribution >= 4 is 52.4 Å². The highest BCUT2D eigenvalue weighted by atomic mass is 79.9. The minimum absolute atomic E-state index is 0. The highest BCUT2D eigenvalue weighted by Crippen LogP contribution is 2.21. The largest absolute Gasteiger partial charge is 0.481 e. The molecule has 0 aromatic heterocycles. The van der Waals surface area contributed by atoms with Gasteiger partial charge in [-0.3, -0.25) is 9.69 Å². The summed E-state index contributed by atoms with van der Waals surface area (Å²) in [7, 11) is 0. The van der Waals surface area contributed by atoms with Gasteiger partial charge in [-0.25, -0.2) is 0 Å². The molecule has 1 heterocycles. The number of anilines is 1. The highest BCUT2D eigenvalue weighted by molar-refractivity contribution is 9.10. The molecule has 7 heteroatoms. The summed E-state index contributed by atoms with van der Waals surface area (Å²) in [5.41, 5.74) is 1.22. The summed E-state index contributed by atoms with van der Waals surface area (Å²) >= 11 is 3.48. The quantitative estimate of drug-likeness (QED) is 0.865. The van der Waals surface area contributed by atoms with Crippen molar-refractivity contribution in [2.75, 3.05) is 37.6 Å². The zero-order chi connectivity index (χ0) is 13.0. The SMILES string of the molecule is Cl.Cl.O=C(O)CCN1CCN(c2cccc(Br)c2)CC1. The van der Waals surface area contributed by atoms with Gasteiger partial charge in [-0.2, -0.15) is 0 Å². The van der Waals surface area contributed by atoms with E-state index in [-0.39, 0.29) is 31.2 Å². The average molecular weight is 386 g/mol. The molecular formula is C13H19BrCl2N2O2. The minimum atomic E-state index is -0.718. The molecule has 0 bridgehead atoms. The fourth-order valence-corrected chi connectivity index (χ4v) is 2.54. The van der Waals surface area contributed by atoms with E-state index in [0.29, 0.717) is 6.54 Å². The summed E-state index contributed by atoms with van der Waals surface area (Å²) in [6.45, 7) is 4.42. The summed E-state index contributed by atoms with van der Waals surface area (Å²) in [5.74, 6) is -0.718. The Morgan fingerprint density at radius 1 is 1.20 bits per heavy atom. The molecule has 0 amide bonds. The van der Waals surface area contributed by atoms with Gasteiger partial charge >= 0.3 is 5.97 Å². The molecule has 0 atom stereocenters. The van der Waals surface area contributed by atoms with E-state index in [2.05, 4.69) is 37.9 Å². The number of carboxylic acids is 1. The summed E-state index contributed by atoms with van der Waals surface area (Å²) in [6, 6.07) is 8.29. The molecule has 2 rings (SSSR count). The number of hydrogen-bond donors (Lipinski definition) is 1. The van der Waals surface area contributed by atoms with Crippen molar-refractivity contribution in [3.05, 3.63) is 28.7 Å². The van der Waals surface area contributed by atoms with Crippen LogP contribution < -0.4 is 4.90 Å². The lowest BCUT2D eigenvalue weighted by molar-refractivity contribution is -0.137. The van der Waals surface area contributed by atoms with Crippen LogP contribution in [0.1, 0.15) is 6.42 Å². The summed E-state index contributed by atoms with van der Waals surface area (Å²) in [4.78, 5) is 15.1. The van der Waals surface area contributed by atoms with E-state index in [9.17, 15) is 4.79 Å². The van der Waals surface area contributed by atoms with Crippen LogP contribution in [0.2, 0.25) is 0 Å². The number of piperazine rings is 1. The van der Waals surface area contributed by atoms with Gasteiger partial charge in [0, 0.05) is 42.9 Å². The van der Waals surface area contributed by atoms with E-state index >= 15 is 0 Å². The molecule has 4 nitrogen and oxygen atoms in total. The second-order valence-corrected chi connectivity index (χ2v) is 5.37. The molecule has 1 aliphatic heterocycles. The highest BCUT2D eigenvalue weighted by Gasteiger charge is 2.17. The first-order valence-electron chi connectivity index (χ1n) is 6.10. The Morgan fingerprint density at radius 3 is 2.40 bits per heavy atom. The standard InChI is InChI=1S/C13H17BrN2O2.2ClH/c14-11-2-1-3-12(10-11)16-8-6-15(7-9-16)5-4-13(17)18;;/h1-3,10H,4-9H2,(H,17,18);2*1H. The van der Waals surface area contributed by atoms with Crippen LogP contribution in [-0.2, 0) is 4.79 Å². The molecule has 20 heavy (non-hydrogen) atoms. The monoisotopic (exact) mass is 384 g/mol. The number of hydrogen-bond acceptors (Lipinski definition) is 3. The van der Waals surface area contributed by atoms with Crippen molar-refractivity contribution in [1.29, 1.82) is 0 Å². The van der Waals surface area contributed by atoms with Crippen LogP contribution >= 0.6 is 40.7 Å². The number of rotatable bonds is 4. The van der Waals surface area contributed by atoms with E-state index < -0.39 is 5.97 Å². The third-order valence-corrected chi connectivity index (χ3v) is 3.68. The van der Waals surface area contributed by atoms with Gasteiger partial charge in [0.05, 0.1) is 6.42 Å². The van der Waals surface area contributed by atoms with Crippen LogP contribution in [0.4, 0.5) is 5.69 Å². The summed E-state index contributed by atoms with van der Waals surface area (Å²) in [5, 5.41) is 8.66. The Balaban J connectivity index is 0.00000180. The van der Waals surface area contributed by atoms with Gasteiger partial charge in [0.2, 0.25) is 0 Å². The van der Waals surface area contributed by atoms with Crippen molar-refractivity contribution in [2.45, 2.75) is 6.42 Å². The molecule has 0 radical (unpaired) electrons. The van der Waals surface area contributed by atoms with Gasteiger partial charge in [0.25, 0.3) is 0 Å². The Kier molecular flexibility index (Phi) is 9.22. The van der Waals surface area contributed by atoms with Gasteiger partial charge < -0.3 is 10.0 Å². The maximum atomic E-state index is 10.5. The fraction of sp³-hybridized carbons (Fsp3) is 0.462. The molecule has 0 spiro atoms. The molecule has 0 unspecified atom stereocenters. The van der Waals surface area contributed by atoms with Crippen LogP contribution in [0.5, 0.6) is 0 Å². The molecule has 1 aromatic carbocycles. The number of halogens is 3. The lowest BCUT2D eigenvalue weighted by Crippen LogP contribution is -2.46. The zero-order valence-corrected chi connectivity index (χ0v) is 14.2. The number of benzene rings is 1. The van der Waals surface area contributed by atoms with Crippen LogP contribution in [0.3, 0.4) is 0 Å². The number of nitrogens with zero attached hydrogens (tertiary/aromatic N) is 2. The maximum absolute atomic E-state index is 10.5. The third kappa shape index (κ3) is 5.87. The molecule has 0 aliphatic carbocycles. The van der Waals surface area contributed by atoms with E-state index in [1.807, 2.05) is 12.1 Å². The molecule has 1 saturated heterocycles. The molecule has 1 aliphatic rings. The molecular weight excluding hydrogens is 367 g/mol. The van der Waals surface area contributed by atoms with E-state index in [4.69, 9.17) is 5.11 Å². The summed E-state index contributed by atoms with van der Waals surface area (Å²) < 4.78 is 1.09. The van der Waals surface area contributed by atoms with E-state index in [1.54, 1.807) is 0 Å². The minimum Gasteiger partial charge on any atom is -0.481 e. The zero-order valence-electron chi connectivity index (χ0n) is 11.0. The first-order chi connectivity index (χ1) is 8.65. The van der Waals surface area contributed by atoms with Crippen molar-refractivity contribution in [3.63, 3.8) is 0 Å². The molecule has 1 aromatic rings.